The summed E-state index contributed by atoms with van der Waals surface area (Å²) < 4.78 is 0. The van der Waals surface area contributed by atoms with E-state index in [0.29, 0.717) is 24.2 Å². The van der Waals surface area contributed by atoms with E-state index in [9.17, 15) is 48.3 Å². The van der Waals surface area contributed by atoms with Gasteiger partial charge in [0, 0.05) is 49.5 Å². The van der Waals surface area contributed by atoms with Crippen LogP contribution < -0.4 is 42.5 Å². The summed E-state index contributed by atoms with van der Waals surface area (Å²) in [4.78, 5) is 124. The molecule has 3 aromatic rings. The van der Waals surface area contributed by atoms with Crippen LogP contribution in [0.1, 0.15) is 84.3 Å². The molecule has 68 heavy (non-hydrogen) atoms. The molecule has 2 aromatic carbocycles. The van der Waals surface area contributed by atoms with Gasteiger partial charge in [0.25, 0.3) is 0 Å². The molecule has 0 radical (unpaired) electrons. The van der Waals surface area contributed by atoms with E-state index < -0.39 is 84.1 Å². The number of carbonyl (C=O) groups is 9. The van der Waals surface area contributed by atoms with Crippen LogP contribution in [0.3, 0.4) is 0 Å². The molecule has 1 aromatic heterocycles. The van der Waals surface area contributed by atoms with Crippen molar-refractivity contribution in [2.75, 3.05) is 32.7 Å². The summed E-state index contributed by atoms with van der Waals surface area (Å²) >= 11 is 0. The predicted molar refractivity (Wildman–Crippen MR) is 251 cm³/mol. The number of fused-ring (bicyclic) bond motifs is 1. The number of nitrogens with one attached hydrogen (secondary N) is 9. The molecule has 20 nitrogen and oxygen atoms in total. The Labute approximate surface area is 395 Å². The molecule has 2 aliphatic heterocycles. The van der Waals surface area contributed by atoms with E-state index in [4.69, 9.17) is 0 Å². The number of para-hydroxylation sites is 1. The van der Waals surface area contributed by atoms with E-state index in [1.165, 1.54) is 12.1 Å². The average molecular weight is 943 g/mol. The van der Waals surface area contributed by atoms with Crippen molar-refractivity contribution in [1.29, 1.82) is 0 Å². The van der Waals surface area contributed by atoms with Gasteiger partial charge in [0.15, 0.2) is 0 Å². The van der Waals surface area contributed by atoms with Crippen LogP contribution in [0.2, 0.25) is 0 Å². The Bertz CT molecular complexity index is 2310. The first-order valence-corrected chi connectivity index (χ1v) is 23.2. The Morgan fingerprint density at radius 3 is 1.82 bits per heavy atom. The number of phenolic OH excluding ortho intramolecular Hbond substituents is 1. The fourth-order valence-electron chi connectivity index (χ4n) is 8.22. The van der Waals surface area contributed by atoms with Crippen LogP contribution in [-0.4, -0.2) is 131 Å². The zero-order chi connectivity index (χ0) is 49.5. The summed E-state index contributed by atoms with van der Waals surface area (Å²) in [6, 6.07) is 8.64. The van der Waals surface area contributed by atoms with Gasteiger partial charge in [0.1, 0.15) is 35.5 Å². The van der Waals surface area contributed by atoms with Crippen molar-refractivity contribution in [3.63, 3.8) is 0 Å². The molecule has 2 aliphatic rings. The summed E-state index contributed by atoms with van der Waals surface area (Å²) in [5, 5.41) is 31.9. The van der Waals surface area contributed by atoms with E-state index >= 15 is 0 Å². The highest BCUT2D eigenvalue weighted by molar-refractivity contribution is 5.98. The number of aromatic amines is 1. The maximum absolute atomic E-state index is 14.2. The minimum Gasteiger partial charge on any atom is -0.508 e. The molecule has 10 N–H and O–H groups in total. The first-order chi connectivity index (χ1) is 32.3. The Kier molecular flexibility index (Phi) is 18.5. The van der Waals surface area contributed by atoms with Crippen LogP contribution in [0.15, 0.2) is 54.7 Å². The fourth-order valence-corrected chi connectivity index (χ4v) is 8.22. The summed E-state index contributed by atoms with van der Waals surface area (Å²) in [6.07, 6.45) is 4.24. The number of hydrogen-bond acceptors (Lipinski definition) is 10. The number of nitrogens with zero attached hydrogens (tertiary/aromatic N) is 1. The van der Waals surface area contributed by atoms with E-state index in [1.807, 2.05) is 52.0 Å². The molecule has 5 rings (SSSR count). The van der Waals surface area contributed by atoms with E-state index in [2.05, 4.69) is 47.5 Å². The number of amides is 9. The van der Waals surface area contributed by atoms with Gasteiger partial charge in [0.05, 0.1) is 19.6 Å². The summed E-state index contributed by atoms with van der Waals surface area (Å²) in [5.74, 6) is -5.34. The van der Waals surface area contributed by atoms with Gasteiger partial charge in [-0.05, 0) is 80.2 Å². The first kappa shape index (κ1) is 52.0. The van der Waals surface area contributed by atoms with E-state index in [1.54, 1.807) is 30.2 Å². The molecule has 5 atom stereocenters. The van der Waals surface area contributed by atoms with Crippen LogP contribution >= 0.6 is 0 Å². The topological polar surface area (TPSA) is 289 Å². The lowest BCUT2D eigenvalue weighted by Crippen LogP contribution is -2.58. The van der Waals surface area contributed by atoms with Gasteiger partial charge in [0.2, 0.25) is 53.2 Å². The van der Waals surface area contributed by atoms with E-state index in [0.717, 1.165) is 23.7 Å². The third-order valence-corrected chi connectivity index (χ3v) is 11.9. The normalized spacial score (nSPS) is 17.4. The maximum atomic E-state index is 14.2. The first-order valence-electron chi connectivity index (χ1n) is 23.2. The standard InChI is InChI=1S/C48H66N10O10/c1-28(2)20-35(43(64)51-27-42(63)58-18-8-9-19-58)55-45(66)36(21-29(3)4)56-46(67)37(22-30-12-14-32(59)15-13-30)53-40(61)25-50-44(65)38(23-31-24-49-34-11-7-6-10-33(31)34)54-41(62)26-52-47(68)48(5)17-16-39(60)57-48/h6-7,10-15,24,28-29,35-38,49,59H,8-9,16-23,25-27H2,1-5H3,(H,50,65)(H,51,64)(H,52,68)(H,53,61)(H,54,62)(H,55,66)(H,56,67)(H,57,60)/t35-,36+,37-,38-,48-/m0/s1. The van der Waals surface area contributed by atoms with Crippen molar-refractivity contribution < 1.29 is 48.3 Å². The minimum atomic E-state index is -1.30. The van der Waals surface area contributed by atoms with E-state index in [-0.39, 0.29) is 74.5 Å². The highest BCUT2D eigenvalue weighted by Crippen LogP contribution is 2.21. The van der Waals surface area contributed by atoms with Gasteiger partial charge in [-0.25, -0.2) is 0 Å². The minimum absolute atomic E-state index is 0.00742. The van der Waals surface area contributed by atoms with Crippen molar-refractivity contribution in [2.45, 2.75) is 116 Å². The number of carbonyl (C=O) groups excluding carboxylic acids is 9. The molecule has 0 unspecified atom stereocenters. The van der Waals surface area contributed by atoms with Gasteiger partial charge < -0.3 is 57.5 Å². The maximum Gasteiger partial charge on any atom is 0.245 e. The SMILES string of the molecule is CC(C)C[C@H](NC(=O)[C@@H](CC(C)C)NC(=O)[C@H](Cc1ccc(O)cc1)NC(=O)CNC(=O)[C@H](Cc1c[nH]c2ccccc12)NC(=O)CNC(=O)[C@]1(C)CCC(=O)N1)C(=O)NCC(=O)N1CCCC1. The molecule has 0 aliphatic carbocycles. The highest BCUT2D eigenvalue weighted by Gasteiger charge is 2.40. The van der Waals surface area contributed by atoms with Gasteiger partial charge in [-0.2, -0.15) is 0 Å². The van der Waals surface area contributed by atoms with Crippen molar-refractivity contribution in [3.05, 3.63) is 65.9 Å². The number of benzene rings is 2. The second-order valence-corrected chi connectivity index (χ2v) is 18.6. The fraction of sp³-hybridized carbons (Fsp3) is 0.521. The second-order valence-electron chi connectivity index (χ2n) is 18.6. The van der Waals surface area contributed by atoms with Gasteiger partial charge in [-0.3, -0.25) is 43.2 Å². The Morgan fingerprint density at radius 1 is 0.676 bits per heavy atom. The van der Waals surface area contributed by atoms with Gasteiger partial charge in [-0.15, -0.1) is 0 Å². The number of hydrogen-bond donors (Lipinski definition) is 10. The average Bonchev–Trinajstić information content (AvgIpc) is 4.07. The second kappa shape index (κ2) is 24.2. The molecule has 2 saturated heterocycles. The van der Waals surface area contributed by atoms with Crippen molar-refractivity contribution in [1.82, 2.24) is 52.4 Å². The lowest BCUT2D eigenvalue weighted by molar-refractivity contribution is -0.135. The number of H-pyrrole nitrogens is 1. The molecule has 368 valence electrons. The monoisotopic (exact) mass is 942 g/mol. The number of aromatic hydroxyl groups is 1. The number of phenols is 1. The van der Waals surface area contributed by atoms with Crippen LogP contribution in [0.25, 0.3) is 10.9 Å². The number of rotatable bonds is 23. The molecular formula is C48H66N10O10. The van der Waals surface area contributed by atoms with Crippen LogP contribution in [0.4, 0.5) is 0 Å². The van der Waals surface area contributed by atoms with Gasteiger partial charge >= 0.3 is 0 Å². The highest BCUT2D eigenvalue weighted by atomic mass is 16.3. The lowest BCUT2D eigenvalue weighted by Gasteiger charge is -2.27. The van der Waals surface area contributed by atoms with Crippen LogP contribution in [-0.2, 0) is 56.0 Å². The molecule has 0 spiro atoms. The Morgan fingerprint density at radius 2 is 1.22 bits per heavy atom. The Hall–Kier alpha value is -6.99. The number of aromatic nitrogens is 1. The van der Waals surface area contributed by atoms with Gasteiger partial charge in [-0.1, -0.05) is 58.0 Å². The quantitative estimate of drug-likeness (QED) is 0.0622. The van der Waals surface area contributed by atoms with Crippen molar-refractivity contribution in [2.24, 2.45) is 11.8 Å². The Balaban J connectivity index is 1.27. The molecule has 3 heterocycles. The third kappa shape index (κ3) is 15.3. The predicted octanol–water partition coefficient (Wildman–Crippen LogP) is 0.330. The summed E-state index contributed by atoms with van der Waals surface area (Å²) in [5.41, 5.74) is 0.839. The summed E-state index contributed by atoms with van der Waals surface area (Å²) in [7, 11) is 0. The molecule has 0 bridgehead atoms. The molecular weight excluding hydrogens is 877 g/mol. The third-order valence-electron chi connectivity index (χ3n) is 11.9. The molecule has 2 fully saturated rings. The van der Waals surface area contributed by atoms with Crippen molar-refractivity contribution >= 4 is 64.1 Å². The van der Waals surface area contributed by atoms with Crippen LogP contribution in [0.5, 0.6) is 5.75 Å². The largest absolute Gasteiger partial charge is 0.508 e. The van der Waals surface area contributed by atoms with Crippen molar-refractivity contribution in [3.8, 4) is 5.75 Å². The number of likely N-dealkylation sites (tertiary alicyclic amines) is 1. The summed E-state index contributed by atoms with van der Waals surface area (Å²) in [6.45, 7) is 8.95. The lowest BCUT2D eigenvalue weighted by atomic mass is 9.99. The smallest absolute Gasteiger partial charge is 0.245 e. The zero-order valence-corrected chi connectivity index (χ0v) is 39.4. The molecule has 9 amide bonds. The zero-order valence-electron chi connectivity index (χ0n) is 39.4. The van der Waals surface area contributed by atoms with Crippen LogP contribution in [0, 0.1) is 11.8 Å². The molecule has 0 saturated carbocycles. The molecule has 20 heteroatoms.